The average molecular weight is 347 g/mol. The third-order valence-corrected chi connectivity index (χ3v) is 3.46. The van der Waals surface area contributed by atoms with E-state index in [0.717, 1.165) is 11.8 Å². The van der Waals surface area contributed by atoms with Gasteiger partial charge in [-0.15, -0.1) is 0 Å². The number of hydrogen-bond donors (Lipinski definition) is 0. The van der Waals surface area contributed by atoms with Crippen molar-refractivity contribution in [3.05, 3.63) is 47.0 Å². The number of hydrogen-bond acceptors (Lipinski definition) is 5. The van der Waals surface area contributed by atoms with E-state index < -0.39 is 16.1 Å². The van der Waals surface area contributed by atoms with Gasteiger partial charge >= 0.3 is 5.97 Å². The number of carbonyl (C=O) groups is 1. The summed E-state index contributed by atoms with van der Waals surface area (Å²) >= 11 is 5.78. The number of esters is 1. The second kappa shape index (κ2) is 9.61. The molecule has 22 heavy (non-hydrogen) atoms. The van der Waals surface area contributed by atoms with Crippen molar-refractivity contribution < 1.29 is 22.1 Å². The lowest BCUT2D eigenvalue weighted by Gasteiger charge is -2.02. The summed E-state index contributed by atoms with van der Waals surface area (Å²) in [5.74, 6) is -0.419. The quantitative estimate of drug-likeness (QED) is 0.297. The third kappa shape index (κ3) is 9.55. The van der Waals surface area contributed by atoms with Gasteiger partial charge in [-0.2, -0.15) is 8.42 Å². The lowest BCUT2D eigenvalue weighted by atomic mass is 10.2. The van der Waals surface area contributed by atoms with Crippen LogP contribution in [0.1, 0.15) is 18.4 Å². The molecule has 7 heteroatoms. The summed E-state index contributed by atoms with van der Waals surface area (Å²) in [6.07, 6.45) is 5.65. The van der Waals surface area contributed by atoms with Crippen LogP contribution in [0.4, 0.5) is 0 Å². The molecule has 0 radical (unpaired) electrons. The Labute approximate surface area is 136 Å². The highest BCUT2D eigenvalue weighted by molar-refractivity contribution is 7.85. The first-order valence-corrected chi connectivity index (χ1v) is 8.98. The van der Waals surface area contributed by atoms with E-state index in [2.05, 4.69) is 4.18 Å². The van der Waals surface area contributed by atoms with Gasteiger partial charge in [-0.1, -0.05) is 29.8 Å². The minimum absolute atomic E-state index is 0.106. The Hall–Kier alpha value is -1.37. The van der Waals surface area contributed by atoms with E-state index in [4.69, 9.17) is 16.3 Å². The van der Waals surface area contributed by atoms with Crippen molar-refractivity contribution in [3.63, 3.8) is 0 Å². The van der Waals surface area contributed by atoms with Gasteiger partial charge in [0.25, 0.3) is 10.1 Å². The summed E-state index contributed by atoms with van der Waals surface area (Å²) in [5.41, 5.74) is 1.04. The summed E-state index contributed by atoms with van der Waals surface area (Å²) in [6.45, 7) is 0.400. The predicted molar refractivity (Wildman–Crippen MR) is 85.3 cm³/mol. The molecule has 0 aliphatic carbocycles. The highest BCUT2D eigenvalue weighted by Gasteiger charge is 2.00. The van der Waals surface area contributed by atoms with E-state index in [1.807, 2.05) is 12.1 Å². The number of rotatable bonds is 9. The molecule has 0 amide bonds. The second-order valence-electron chi connectivity index (χ2n) is 4.61. The van der Waals surface area contributed by atoms with Gasteiger partial charge < -0.3 is 4.74 Å². The van der Waals surface area contributed by atoms with Gasteiger partial charge in [-0.3, -0.25) is 4.18 Å². The van der Waals surface area contributed by atoms with Crippen LogP contribution >= 0.6 is 11.6 Å². The van der Waals surface area contributed by atoms with Crippen molar-refractivity contribution >= 4 is 27.7 Å². The molecule has 0 saturated carbocycles. The topological polar surface area (TPSA) is 69.7 Å². The van der Waals surface area contributed by atoms with E-state index in [9.17, 15) is 13.2 Å². The molecular weight excluding hydrogens is 328 g/mol. The summed E-state index contributed by atoms with van der Waals surface area (Å²) in [6, 6.07) is 7.34. The zero-order chi connectivity index (χ0) is 16.4. The SMILES string of the molecule is CS(=O)(=O)OCCC/C=C\C(=O)OCCc1ccc(Cl)cc1. The maximum atomic E-state index is 11.4. The molecule has 0 unspecified atom stereocenters. The first-order valence-electron chi connectivity index (χ1n) is 6.79. The van der Waals surface area contributed by atoms with Crippen molar-refractivity contribution in [1.29, 1.82) is 0 Å². The summed E-state index contributed by atoms with van der Waals surface area (Å²) in [4.78, 5) is 11.4. The molecule has 0 atom stereocenters. The molecule has 0 fully saturated rings. The number of allylic oxidation sites excluding steroid dienone is 1. The zero-order valence-electron chi connectivity index (χ0n) is 12.3. The van der Waals surface area contributed by atoms with Gasteiger partial charge in [-0.05, 0) is 30.5 Å². The predicted octanol–water partition coefficient (Wildman–Crippen LogP) is 2.74. The normalized spacial score (nSPS) is 11.7. The molecule has 0 bridgehead atoms. The maximum Gasteiger partial charge on any atom is 0.330 e. The third-order valence-electron chi connectivity index (χ3n) is 2.61. The summed E-state index contributed by atoms with van der Waals surface area (Å²) in [5, 5.41) is 0.670. The van der Waals surface area contributed by atoms with E-state index in [-0.39, 0.29) is 6.61 Å². The molecule has 1 aromatic rings. The molecule has 122 valence electrons. The maximum absolute atomic E-state index is 11.4. The molecule has 1 rings (SSSR count). The first-order chi connectivity index (χ1) is 10.4. The molecule has 0 spiro atoms. The van der Waals surface area contributed by atoms with Crippen LogP contribution in [-0.4, -0.2) is 33.9 Å². The molecule has 1 aromatic carbocycles. The number of benzene rings is 1. The van der Waals surface area contributed by atoms with E-state index in [1.54, 1.807) is 18.2 Å². The average Bonchev–Trinajstić information content (AvgIpc) is 2.44. The molecule has 0 aliphatic heterocycles. The van der Waals surface area contributed by atoms with Crippen molar-refractivity contribution in [2.75, 3.05) is 19.5 Å². The molecule has 0 aromatic heterocycles. The standard InChI is InChI=1S/C15H19ClO5S/c1-22(18,19)21-11-4-2-3-5-15(17)20-12-10-13-6-8-14(16)9-7-13/h3,5-9H,2,4,10-12H2,1H3/b5-3-. The van der Waals surface area contributed by atoms with E-state index in [1.165, 1.54) is 6.08 Å². The minimum atomic E-state index is -3.39. The van der Waals surface area contributed by atoms with Gasteiger partial charge in [0, 0.05) is 17.5 Å². The number of ether oxygens (including phenoxy) is 1. The smallest absolute Gasteiger partial charge is 0.330 e. The lowest BCUT2D eigenvalue weighted by molar-refractivity contribution is -0.137. The number of halogens is 1. The molecule has 0 N–H and O–H groups in total. The van der Waals surface area contributed by atoms with Crippen molar-refractivity contribution in [2.24, 2.45) is 0 Å². The monoisotopic (exact) mass is 346 g/mol. The van der Waals surface area contributed by atoms with Gasteiger partial charge in [0.15, 0.2) is 0 Å². The van der Waals surface area contributed by atoms with Crippen molar-refractivity contribution in [1.82, 2.24) is 0 Å². The fourth-order valence-electron chi connectivity index (χ4n) is 1.56. The molecular formula is C15H19ClO5S. The van der Waals surface area contributed by atoms with E-state index in [0.29, 0.717) is 30.9 Å². The minimum Gasteiger partial charge on any atom is -0.462 e. The Bertz CT molecular complexity index is 593. The fourth-order valence-corrected chi connectivity index (χ4v) is 2.11. The van der Waals surface area contributed by atoms with Gasteiger partial charge in [0.2, 0.25) is 0 Å². The van der Waals surface area contributed by atoms with Gasteiger partial charge in [0.1, 0.15) is 0 Å². The van der Waals surface area contributed by atoms with Gasteiger partial charge in [0.05, 0.1) is 19.5 Å². The highest BCUT2D eigenvalue weighted by atomic mass is 35.5. The van der Waals surface area contributed by atoms with Crippen molar-refractivity contribution in [3.8, 4) is 0 Å². The van der Waals surface area contributed by atoms with Crippen LogP contribution in [0, 0.1) is 0 Å². The lowest BCUT2D eigenvalue weighted by Crippen LogP contribution is -2.05. The summed E-state index contributed by atoms with van der Waals surface area (Å²) < 4.78 is 31.0. The highest BCUT2D eigenvalue weighted by Crippen LogP contribution is 2.09. The Morgan fingerprint density at radius 1 is 1.23 bits per heavy atom. The second-order valence-corrected chi connectivity index (χ2v) is 6.70. The van der Waals surface area contributed by atoms with Crippen LogP contribution in [0.2, 0.25) is 5.02 Å². The largest absolute Gasteiger partial charge is 0.462 e. The summed E-state index contributed by atoms with van der Waals surface area (Å²) in [7, 11) is -3.39. The molecule has 0 heterocycles. The van der Waals surface area contributed by atoms with E-state index >= 15 is 0 Å². The molecule has 0 saturated heterocycles. The number of unbranched alkanes of at least 4 members (excludes halogenated alkanes) is 1. The first kappa shape index (κ1) is 18.7. The van der Waals surface area contributed by atoms with Crippen molar-refractivity contribution in [2.45, 2.75) is 19.3 Å². The van der Waals surface area contributed by atoms with Crippen LogP contribution in [-0.2, 0) is 30.3 Å². The molecule has 5 nitrogen and oxygen atoms in total. The number of carbonyl (C=O) groups excluding carboxylic acids is 1. The van der Waals surface area contributed by atoms with Crippen LogP contribution < -0.4 is 0 Å². The Kier molecular flexibility index (Phi) is 8.16. The van der Waals surface area contributed by atoms with Gasteiger partial charge in [-0.25, -0.2) is 4.79 Å². The Morgan fingerprint density at radius 3 is 2.55 bits per heavy atom. The van der Waals surface area contributed by atoms with Crippen LogP contribution in [0.25, 0.3) is 0 Å². The Morgan fingerprint density at radius 2 is 1.91 bits per heavy atom. The zero-order valence-corrected chi connectivity index (χ0v) is 13.9. The molecule has 0 aliphatic rings. The van der Waals surface area contributed by atoms with Crippen LogP contribution in [0.5, 0.6) is 0 Å². The Balaban J connectivity index is 2.12. The fraction of sp³-hybridized carbons (Fsp3) is 0.400. The van der Waals surface area contributed by atoms with Crippen LogP contribution in [0.15, 0.2) is 36.4 Å². The van der Waals surface area contributed by atoms with Crippen LogP contribution in [0.3, 0.4) is 0 Å².